The third kappa shape index (κ3) is 24.9. The lowest BCUT2D eigenvalue weighted by molar-refractivity contribution is -0.160. The number of carbonyl (C=O) groups is 2. The van der Waals surface area contributed by atoms with Crippen LogP contribution in [0, 0.1) is 0 Å². The molecule has 3 rings (SSSR count). The summed E-state index contributed by atoms with van der Waals surface area (Å²) in [6.45, 7) is 15.8. The molecule has 0 radical (unpaired) electrons. The molecular weight excluding hydrogens is 782 g/mol. The molecule has 0 atom stereocenters. The van der Waals surface area contributed by atoms with Gasteiger partial charge in [-0.3, -0.25) is 0 Å². The fourth-order valence-electron chi connectivity index (χ4n) is 5.74. The van der Waals surface area contributed by atoms with Crippen molar-refractivity contribution in [3.05, 3.63) is 59.7 Å². The normalized spacial score (nSPS) is 12.4. The van der Waals surface area contributed by atoms with Crippen molar-refractivity contribution < 1.29 is 71.2 Å². The summed E-state index contributed by atoms with van der Waals surface area (Å²) in [4.78, 5) is 23.8. The molecule has 0 bridgehead atoms. The average molecular weight is 852 g/mol. The van der Waals surface area contributed by atoms with E-state index in [9.17, 15) is 9.59 Å². The standard InChI is InChI=1S/C44H69NO15/c1-44(2,3)60-42(46)36-58-34-33-57-32-31-56-30-29-55-28-27-54-26-25-53-24-23-52-22-21-51-20-19-50-18-17-49-16-15-48-14-8-13-45-43(47)59-35-41-39-11-6-4-9-37(39)38-10-5-7-12-40(38)41/h4-7,9-12,41H,8,13-36H2,1-3H3,(H,45,47). The van der Waals surface area contributed by atoms with Gasteiger partial charge in [0.1, 0.15) is 18.8 Å². The molecule has 0 aromatic heterocycles. The van der Waals surface area contributed by atoms with Crippen LogP contribution < -0.4 is 5.32 Å². The van der Waals surface area contributed by atoms with Crippen molar-refractivity contribution in [3.63, 3.8) is 0 Å². The van der Waals surface area contributed by atoms with Gasteiger partial charge in [0, 0.05) is 19.1 Å². The van der Waals surface area contributed by atoms with Crippen LogP contribution in [-0.2, 0) is 66.4 Å². The van der Waals surface area contributed by atoms with E-state index in [0.717, 1.165) is 0 Å². The van der Waals surface area contributed by atoms with Crippen molar-refractivity contribution in [2.75, 3.05) is 159 Å². The van der Waals surface area contributed by atoms with Crippen LogP contribution in [0.15, 0.2) is 48.5 Å². The molecule has 0 fully saturated rings. The second-order valence-electron chi connectivity index (χ2n) is 14.4. The summed E-state index contributed by atoms with van der Waals surface area (Å²) < 4.78 is 70.9. The molecule has 0 heterocycles. The molecule has 1 aliphatic rings. The third-order valence-corrected chi connectivity index (χ3v) is 8.44. The molecule has 2 aromatic carbocycles. The Hall–Kier alpha value is -3.26. The number of carbonyl (C=O) groups excluding carboxylic acids is 2. The van der Waals surface area contributed by atoms with Crippen molar-refractivity contribution in [1.29, 1.82) is 0 Å². The monoisotopic (exact) mass is 851 g/mol. The number of benzene rings is 2. The fraction of sp³-hybridized carbons (Fsp3) is 0.682. The topological polar surface area (TPSA) is 166 Å². The van der Waals surface area contributed by atoms with Crippen molar-refractivity contribution in [3.8, 4) is 11.1 Å². The second kappa shape index (κ2) is 33.4. The molecule has 0 aliphatic heterocycles. The van der Waals surface area contributed by atoms with Gasteiger partial charge in [-0.25, -0.2) is 9.59 Å². The Balaban J connectivity index is 0.929. The Morgan fingerprint density at radius 3 is 1.18 bits per heavy atom. The molecule has 340 valence electrons. The van der Waals surface area contributed by atoms with E-state index in [0.29, 0.717) is 158 Å². The highest BCUT2D eigenvalue weighted by atomic mass is 16.6. The first kappa shape index (κ1) is 51.1. The highest BCUT2D eigenvalue weighted by molar-refractivity contribution is 5.79. The Labute approximate surface area is 356 Å². The van der Waals surface area contributed by atoms with Crippen LogP contribution in [-0.4, -0.2) is 176 Å². The van der Waals surface area contributed by atoms with Gasteiger partial charge in [-0.2, -0.15) is 0 Å². The van der Waals surface area contributed by atoms with E-state index in [1.807, 2.05) is 45.0 Å². The van der Waals surface area contributed by atoms with Gasteiger partial charge in [0.25, 0.3) is 0 Å². The third-order valence-electron chi connectivity index (χ3n) is 8.44. The molecule has 60 heavy (non-hydrogen) atoms. The minimum Gasteiger partial charge on any atom is -0.458 e. The molecule has 1 amide bonds. The molecule has 0 saturated heterocycles. The molecule has 0 unspecified atom stereocenters. The van der Waals surface area contributed by atoms with Gasteiger partial charge in [-0.15, -0.1) is 0 Å². The summed E-state index contributed by atoms with van der Waals surface area (Å²) in [5.41, 5.74) is 4.28. The lowest BCUT2D eigenvalue weighted by Gasteiger charge is -2.19. The maximum atomic E-state index is 12.3. The maximum Gasteiger partial charge on any atom is 0.407 e. The first-order valence-corrected chi connectivity index (χ1v) is 21.0. The molecule has 0 saturated carbocycles. The minimum atomic E-state index is -0.517. The quantitative estimate of drug-likeness (QED) is 0.0744. The lowest BCUT2D eigenvalue weighted by atomic mass is 9.98. The highest BCUT2D eigenvalue weighted by Gasteiger charge is 2.29. The molecule has 0 spiro atoms. The molecular formula is C44H69NO15. The Kier molecular flexibility index (Phi) is 28.4. The van der Waals surface area contributed by atoms with Crippen LogP contribution in [0.2, 0.25) is 0 Å². The van der Waals surface area contributed by atoms with E-state index >= 15 is 0 Å². The van der Waals surface area contributed by atoms with Crippen molar-refractivity contribution in [2.45, 2.75) is 38.7 Å². The van der Waals surface area contributed by atoms with Crippen molar-refractivity contribution in [1.82, 2.24) is 5.32 Å². The van der Waals surface area contributed by atoms with Gasteiger partial charge in [0.05, 0.1) is 132 Å². The summed E-state index contributed by atoms with van der Waals surface area (Å²) >= 11 is 0. The van der Waals surface area contributed by atoms with E-state index < -0.39 is 17.7 Å². The van der Waals surface area contributed by atoms with Crippen LogP contribution in [0.25, 0.3) is 11.1 Å². The van der Waals surface area contributed by atoms with Gasteiger partial charge >= 0.3 is 12.1 Å². The zero-order valence-electron chi connectivity index (χ0n) is 36.0. The number of hydrogen-bond acceptors (Lipinski definition) is 15. The molecule has 2 aromatic rings. The first-order chi connectivity index (χ1) is 29.3. The highest BCUT2D eigenvalue weighted by Crippen LogP contribution is 2.44. The zero-order valence-corrected chi connectivity index (χ0v) is 36.0. The first-order valence-electron chi connectivity index (χ1n) is 21.0. The van der Waals surface area contributed by atoms with Crippen LogP contribution in [0.4, 0.5) is 4.79 Å². The second-order valence-corrected chi connectivity index (χ2v) is 14.4. The number of ether oxygens (including phenoxy) is 13. The van der Waals surface area contributed by atoms with E-state index in [1.165, 1.54) is 22.3 Å². The van der Waals surface area contributed by atoms with Crippen molar-refractivity contribution >= 4 is 12.1 Å². The van der Waals surface area contributed by atoms with Crippen LogP contribution in [0.5, 0.6) is 0 Å². The summed E-state index contributed by atoms with van der Waals surface area (Å²) in [6.07, 6.45) is 0.260. The molecule has 1 aliphatic carbocycles. The van der Waals surface area contributed by atoms with E-state index in [4.69, 9.17) is 61.6 Å². The Bertz CT molecular complexity index is 1350. The largest absolute Gasteiger partial charge is 0.458 e. The van der Waals surface area contributed by atoms with Gasteiger partial charge in [0.2, 0.25) is 0 Å². The summed E-state index contributed by atoms with van der Waals surface area (Å²) in [5.74, 6) is -0.346. The number of hydrogen-bond donors (Lipinski definition) is 1. The Morgan fingerprint density at radius 2 is 0.817 bits per heavy atom. The smallest absolute Gasteiger partial charge is 0.407 e. The number of esters is 1. The summed E-state index contributed by atoms with van der Waals surface area (Å²) in [7, 11) is 0. The molecule has 16 heteroatoms. The Morgan fingerprint density at radius 1 is 0.483 bits per heavy atom. The van der Waals surface area contributed by atoms with E-state index in [1.54, 1.807) is 0 Å². The van der Waals surface area contributed by atoms with Crippen LogP contribution in [0.1, 0.15) is 44.2 Å². The number of amides is 1. The van der Waals surface area contributed by atoms with Crippen LogP contribution >= 0.6 is 0 Å². The number of nitrogens with one attached hydrogen (secondary N) is 1. The maximum absolute atomic E-state index is 12.3. The van der Waals surface area contributed by atoms with Gasteiger partial charge < -0.3 is 66.9 Å². The van der Waals surface area contributed by atoms with E-state index in [-0.39, 0.29) is 12.5 Å². The SMILES string of the molecule is CC(C)(C)OC(=O)COCCOCCOCCOCCOCCOCCOCCOCCOCCOCCOCCCNC(=O)OCC1c2ccccc2-c2ccccc21. The average Bonchev–Trinajstić information content (AvgIpc) is 3.55. The predicted molar refractivity (Wildman–Crippen MR) is 223 cm³/mol. The van der Waals surface area contributed by atoms with Gasteiger partial charge in [-0.05, 0) is 49.4 Å². The number of rotatable bonds is 38. The summed E-state index contributed by atoms with van der Waals surface area (Å²) in [5, 5.41) is 2.80. The fourth-order valence-corrected chi connectivity index (χ4v) is 5.74. The minimum absolute atomic E-state index is 0.0448. The van der Waals surface area contributed by atoms with Crippen molar-refractivity contribution in [2.24, 2.45) is 0 Å². The predicted octanol–water partition coefficient (Wildman–Crippen LogP) is 4.44. The molecule has 16 nitrogen and oxygen atoms in total. The molecule has 1 N–H and O–H groups in total. The van der Waals surface area contributed by atoms with E-state index in [2.05, 4.69) is 29.6 Å². The number of alkyl carbamates (subject to hydrolysis) is 1. The van der Waals surface area contributed by atoms with Gasteiger partial charge in [-0.1, -0.05) is 48.5 Å². The lowest BCUT2D eigenvalue weighted by Crippen LogP contribution is -2.27. The zero-order chi connectivity index (χ0) is 42.8. The van der Waals surface area contributed by atoms with Gasteiger partial charge in [0.15, 0.2) is 0 Å². The summed E-state index contributed by atoms with van der Waals surface area (Å²) in [6, 6.07) is 16.6. The number of fused-ring (bicyclic) bond motifs is 3. The van der Waals surface area contributed by atoms with Crippen LogP contribution in [0.3, 0.4) is 0 Å².